The first-order valence-electron chi connectivity index (χ1n) is 5.29. The number of nitrogens with two attached hydrogens (primary N) is 1. The molecule has 0 spiro atoms. The molecule has 5 nitrogen and oxygen atoms in total. The number of nitrogens with zero attached hydrogens (tertiary/aromatic N) is 1. The van der Waals surface area contributed by atoms with Gasteiger partial charge in [-0.2, -0.15) is 0 Å². The van der Waals surface area contributed by atoms with Gasteiger partial charge in [0, 0.05) is 6.54 Å². The van der Waals surface area contributed by atoms with Crippen molar-refractivity contribution in [1.29, 1.82) is 0 Å². The van der Waals surface area contributed by atoms with Crippen molar-refractivity contribution < 1.29 is 9.21 Å². The van der Waals surface area contributed by atoms with Gasteiger partial charge in [0.2, 0.25) is 5.91 Å². The number of hydrogen-bond donors (Lipinski definition) is 2. The number of rotatable bonds is 6. The van der Waals surface area contributed by atoms with Gasteiger partial charge >= 0.3 is 0 Å². The monoisotopic (exact) mass is 255 g/mol. The molecule has 1 unspecified atom stereocenters. The maximum Gasteiger partial charge on any atom is 0.237 e. The molecule has 0 aromatic carbocycles. The highest BCUT2D eigenvalue weighted by atomic mass is 32.1. The van der Waals surface area contributed by atoms with E-state index in [9.17, 15) is 4.79 Å². The van der Waals surface area contributed by atoms with Crippen molar-refractivity contribution in [3.63, 3.8) is 0 Å². The molecular weight excluding hydrogens is 238 g/mol. The summed E-state index contributed by atoms with van der Waals surface area (Å²) in [5.74, 6) is 0.641. The van der Waals surface area contributed by atoms with Gasteiger partial charge in [0.05, 0.1) is 23.8 Å². The van der Waals surface area contributed by atoms with E-state index in [1.807, 2.05) is 6.07 Å². The minimum Gasteiger partial charge on any atom is -0.467 e. The molecule has 0 radical (unpaired) electrons. The lowest BCUT2D eigenvalue weighted by Gasteiger charge is -2.22. The van der Waals surface area contributed by atoms with Crippen LogP contribution in [-0.4, -0.2) is 35.4 Å². The van der Waals surface area contributed by atoms with Gasteiger partial charge in [-0.15, -0.1) is 0 Å². The molecule has 1 atom stereocenters. The third-order valence-electron chi connectivity index (χ3n) is 2.46. The first-order valence-corrected chi connectivity index (χ1v) is 5.70. The molecule has 1 heterocycles. The fourth-order valence-corrected chi connectivity index (χ4v) is 1.52. The molecule has 94 valence electrons. The van der Waals surface area contributed by atoms with E-state index < -0.39 is 0 Å². The number of furan rings is 1. The molecule has 3 N–H and O–H groups in total. The fraction of sp³-hybridized carbons (Fsp3) is 0.455. The quantitative estimate of drug-likeness (QED) is 0.724. The predicted molar refractivity (Wildman–Crippen MR) is 69.4 cm³/mol. The van der Waals surface area contributed by atoms with Crippen LogP contribution in [0.2, 0.25) is 0 Å². The lowest BCUT2D eigenvalue weighted by Crippen LogP contribution is -2.45. The second-order valence-corrected chi connectivity index (χ2v) is 4.38. The summed E-state index contributed by atoms with van der Waals surface area (Å²) in [5.41, 5.74) is 5.43. The summed E-state index contributed by atoms with van der Waals surface area (Å²) in [6.07, 6.45) is 1.57. The van der Waals surface area contributed by atoms with Crippen LogP contribution in [0.3, 0.4) is 0 Å². The Balaban J connectivity index is 2.38. The summed E-state index contributed by atoms with van der Waals surface area (Å²) in [4.78, 5) is 13.9. The van der Waals surface area contributed by atoms with Crippen molar-refractivity contribution in [2.24, 2.45) is 5.73 Å². The fourth-order valence-electron chi connectivity index (χ4n) is 1.32. The zero-order valence-corrected chi connectivity index (χ0v) is 10.8. The topological polar surface area (TPSA) is 71.5 Å². The lowest BCUT2D eigenvalue weighted by molar-refractivity contribution is -0.125. The van der Waals surface area contributed by atoms with Gasteiger partial charge < -0.3 is 15.5 Å². The summed E-state index contributed by atoms with van der Waals surface area (Å²) in [6, 6.07) is 3.31. The van der Waals surface area contributed by atoms with Gasteiger partial charge in [-0.3, -0.25) is 9.69 Å². The number of nitrogens with one attached hydrogen (secondary N) is 1. The Morgan fingerprint density at radius 1 is 1.71 bits per heavy atom. The average molecular weight is 255 g/mol. The van der Waals surface area contributed by atoms with E-state index in [1.165, 1.54) is 0 Å². The van der Waals surface area contributed by atoms with E-state index in [0.717, 1.165) is 5.76 Å². The molecule has 1 aromatic heterocycles. The van der Waals surface area contributed by atoms with E-state index >= 15 is 0 Å². The van der Waals surface area contributed by atoms with E-state index in [0.29, 0.717) is 18.1 Å². The van der Waals surface area contributed by atoms with E-state index in [2.05, 4.69) is 5.32 Å². The first-order chi connectivity index (χ1) is 8.00. The highest BCUT2D eigenvalue weighted by molar-refractivity contribution is 7.80. The highest BCUT2D eigenvalue weighted by Gasteiger charge is 2.18. The van der Waals surface area contributed by atoms with Crippen LogP contribution in [0, 0.1) is 0 Å². The molecule has 0 saturated heterocycles. The normalized spacial score (nSPS) is 12.4. The zero-order valence-electron chi connectivity index (χ0n) is 9.97. The Morgan fingerprint density at radius 3 is 2.94 bits per heavy atom. The molecule has 1 rings (SSSR count). The predicted octanol–water partition coefficient (Wildman–Crippen LogP) is 0.502. The number of carbonyl (C=O) groups is 1. The Morgan fingerprint density at radius 2 is 2.41 bits per heavy atom. The average Bonchev–Trinajstić information content (AvgIpc) is 2.76. The van der Waals surface area contributed by atoms with Crippen molar-refractivity contribution in [3.05, 3.63) is 24.2 Å². The molecular formula is C11H17N3O2S. The Hall–Kier alpha value is -1.40. The summed E-state index contributed by atoms with van der Waals surface area (Å²) >= 11 is 4.80. The van der Waals surface area contributed by atoms with Crippen LogP contribution in [-0.2, 0) is 11.3 Å². The molecule has 6 heteroatoms. The van der Waals surface area contributed by atoms with Gasteiger partial charge in [0.25, 0.3) is 0 Å². The third kappa shape index (κ3) is 4.54. The van der Waals surface area contributed by atoms with E-state index in [-0.39, 0.29) is 11.9 Å². The first kappa shape index (κ1) is 13.7. The highest BCUT2D eigenvalue weighted by Crippen LogP contribution is 2.00. The van der Waals surface area contributed by atoms with Crippen LogP contribution in [0.5, 0.6) is 0 Å². The molecule has 17 heavy (non-hydrogen) atoms. The van der Waals surface area contributed by atoms with Gasteiger partial charge in [-0.05, 0) is 26.1 Å². The second-order valence-electron chi connectivity index (χ2n) is 3.85. The van der Waals surface area contributed by atoms with Crippen molar-refractivity contribution in [2.45, 2.75) is 19.5 Å². The van der Waals surface area contributed by atoms with Crippen molar-refractivity contribution >= 4 is 23.1 Å². The van der Waals surface area contributed by atoms with Crippen molar-refractivity contribution in [2.75, 3.05) is 13.6 Å². The second kappa shape index (κ2) is 6.36. The molecule has 0 aliphatic heterocycles. The SMILES string of the molecule is CC(C(=O)NCc1ccco1)N(C)CC(N)=S. The summed E-state index contributed by atoms with van der Waals surface area (Å²) in [7, 11) is 1.80. The van der Waals surface area contributed by atoms with Gasteiger partial charge in [-0.1, -0.05) is 12.2 Å². The molecule has 0 aliphatic rings. The van der Waals surface area contributed by atoms with Crippen molar-refractivity contribution in [1.82, 2.24) is 10.2 Å². The maximum atomic E-state index is 11.8. The summed E-state index contributed by atoms with van der Waals surface area (Å²) in [5, 5.41) is 2.78. The Labute approximate surface area is 106 Å². The van der Waals surface area contributed by atoms with E-state index in [1.54, 1.807) is 31.2 Å². The van der Waals surface area contributed by atoms with Crippen LogP contribution >= 0.6 is 12.2 Å². The molecule has 0 saturated carbocycles. The van der Waals surface area contributed by atoms with Crippen LogP contribution in [0.1, 0.15) is 12.7 Å². The van der Waals surface area contributed by atoms with Gasteiger partial charge in [-0.25, -0.2) is 0 Å². The molecule has 0 aliphatic carbocycles. The lowest BCUT2D eigenvalue weighted by atomic mass is 10.2. The number of hydrogen-bond acceptors (Lipinski definition) is 4. The minimum absolute atomic E-state index is 0.0832. The Bertz CT molecular complexity index is 378. The van der Waals surface area contributed by atoms with E-state index in [4.69, 9.17) is 22.4 Å². The van der Waals surface area contributed by atoms with Crippen molar-refractivity contribution in [3.8, 4) is 0 Å². The number of amides is 1. The smallest absolute Gasteiger partial charge is 0.237 e. The van der Waals surface area contributed by atoms with Crippen LogP contribution in [0.15, 0.2) is 22.8 Å². The maximum absolute atomic E-state index is 11.8. The molecule has 1 amide bonds. The standard InChI is InChI=1S/C11H17N3O2S/c1-8(14(2)7-10(12)17)11(15)13-6-9-4-3-5-16-9/h3-5,8H,6-7H2,1-2H3,(H2,12,17)(H,13,15). The number of carbonyl (C=O) groups excluding carboxylic acids is 1. The molecule has 0 fully saturated rings. The minimum atomic E-state index is -0.286. The largest absolute Gasteiger partial charge is 0.467 e. The van der Waals surface area contributed by atoms with Crippen LogP contribution < -0.4 is 11.1 Å². The third-order valence-corrected chi connectivity index (χ3v) is 2.59. The van der Waals surface area contributed by atoms with Crippen LogP contribution in [0.4, 0.5) is 0 Å². The van der Waals surface area contributed by atoms with Gasteiger partial charge in [0.15, 0.2) is 0 Å². The Kier molecular flexibility index (Phi) is 5.11. The zero-order chi connectivity index (χ0) is 12.8. The van der Waals surface area contributed by atoms with Gasteiger partial charge in [0.1, 0.15) is 5.76 Å². The number of likely N-dealkylation sites (N-methyl/N-ethyl adjacent to an activating group) is 1. The van der Waals surface area contributed by atoms with Crippen LogP contribution in [0.25, 0.3) is 0 Å². The molecule has 1 aromatic rings. The molecule has 0 bridgehead atoms. The summed E-state index contributed by atoms with van der Waals surface area (Å²) < 4.78 is 5.12. The number of thiocarbonyl (C=S) groups is 1. The summed E-state index contributed by atoms with van der Waals surface area (Å²) in [6.45, 7) is 2.61.